The topological polar surface area (TPSA) is 29.3 Å². The van der Waals surface area contributed by atoms with Gasteiger partial charge in [0.15, 0.2) is 0 Å². The van der Waals surface area contributed by atoms with E-state index >= 15 is 0 Å². The first-order valence-corrected chi connectivity index (χ1v) is 7.75. The van der Waals surface area contributed by atoms with Crippen LogP contribution in [0.5, 0.6) is 0 Å². The minimum absolute atomic E-state index is 0.240. The van der Waals surface area contributed by atoms with E-state index in [9.17, 15) is 4.39 Å². The molecule has 0 aliphatic rings. The molecule has 2 aromatic rings. The van der Waals surface area contributed by atoms with Crippen LogP contribution in [0.25, 0.3) is 0 Å². The van der Waals surface area contributed by atoms with Gasteiger partial charge < -0.3 is 10.6 Å². The molecule has 2 nitrogen and oxygen atoms in total. The van der Waals surface area contributed by atoms with E-state index in [0.29, 0.717) is 5.56 Å². The van der Waals surface area contributed by atoms with Gasteiger partial charge in [0.2, 0.25) is 0 Å². The lowest BCUT2D eigenvalue weighted by atomic mass is 10.1. The molecular weight excluding hydrogens is 283 g/mol. The number of nitrogens with two attached hydrogens (primary N) is 1. The van der Waals surface area contributed by atoms with E-state index in [1.807, 2.05) is 6.07 Å². The van der Waals surface area contributed by atoms with Gasteiger partial charge in [0.1, 0.15) is 5.82 Å². The minimum atomic E-state index is -0.291. The van der Waals surface area contributed by atoms with Gasteiger partial charge in [-0.05, 0) is 42.6 Å². The Morgan fingerprint density at radius 3 is 2.90 bits per heavy atom. The molecule has 0 aliphatic heterocycles. The molecule has 1 aromatic heterocycles. The second-order valence-corrected chi connectivity index (χ2v) is 5.92. The van der Waals surface area contributed by atoms with E-state index in [2.05, 4.69) is 41.3 Å². The number of nitrogens with zero attached hydrogens (tertiary/aromatic N) is 1. The molecule has 110 valence electrons. The standard InChI is InChI=1S/C17H19FN2S/c1-20(10-8-16-5-3-11-21-16)13-14-6-7-17(18)15(12-14)4-2-9-19/h3,5-7,11-12H,8-10,13,19H2,1H3. The van der Waals surface area contributed by atoms with Gasteiger partial charge >= 0.3 is 0 Å². The molecule has 0 saturated carbocycles. The van der Waals surface area contributed by atoms with Crippen LogP contribution in [0.15, 0.2) is 35.7 Å². The molecule has 0 fully saturated rings. The van der Waals surface area contributed by atoms with Crippen molar-refractivity contribution < 1.29 is 4.39 Å². The number of thiophene rings is 1. The predicted molar refractivity (Wildman–Crippen MR) is 86.7 cm³/mol. The summed E-state index contributed by atoms with van der Waals surface area (Å²) < 4.78 is 13.6. The zero-order valence-corrected chi connectivity index (χ0v) is 12.9. The van der Waals surface area contributed by atoms with Crippen LogP contribution in [0.3, 0.4) is 0 Å². The molecule has 0 bridgehead atoms. The zero-order valence-electron chi connectivity index (χ0n) is 12.1. The van der Waals surface area contributed by atoms with Crippen LogP contribution in [-0.2, 0) is 13.0 Å². The molecule has 0 saturated heterocycles. The van der Waals surface area contributed by atoms with Crippen molar-refractivity contribution >= 4 is 11.3 Å². The summed E-state index contributed by atoms with van der Waals surface area (Å²) in [5, 5.41) is 2.09. The van der Waals surface area contributed by atoms with Gasteiger partial charge in [-0.3, -0.25) is 0 Å². The highest BCUT2D eigenvalue weighted by atomic mass is 32.1. The van der Waals surface area contributed by atoms with E-state index < -0.39 is 0 Å². The van der Waals surface area contributed by atoms with Crippen molar-refractivity contribution in [3.8, 4) is 11.8 Å². The summed E-state index contributed by atoms with van der Waals surface area (Å²) >= 11 is 1.78. The van der Waals surface area contributed by atoms with Crippen molar-refractivity contribution in [2.75, 3.05) is 20.1 Å². The number of rotatable bonds is 5. The van der Waals surface area contributed by atoms with Crippen LogP contribution in [0.4, 0.5) is 4.39 Å². The summed E-state index contributed by atoms with van der Waals surface area (Å²) in [6, 6.07) is 9.31. The van der Waals surface area contributed by atoms with Crippen LogP contribution < -0.4 is 5.73 Å². The Labute approximate surface area is 129 Å². The Hall–Kier alpha value is -1.67. The van der Waals surface area contributed by atoms with Crippen LogP contribution in [0.1, 0.15) is 16.0 Å². The van der Waals surface area contributed by atoms with E-state index in [1.54, 1.807) is 17.4 Å². The number of hydrogen-bond acceptors (Lipinski definition) is 3. The third-order valence-electron chi connectivity index (χ3n) is 3.13. The molecule has 0 aliphatic carbocycles. The minimum Gasteiger partial charge on any atom is -0.320 e. The first-order chi connectivity index (χ1) is 10.2. The van der Waals surface area contributed by atoms with Crippen LogP contribution in [-0.4, -0.2) is 25.0 Å². The molecule has 21 heavy (non-hydrogen) atoms. The highest BCUT2D eigenvalue weighted by Crippen LogP contribution is 2.13. The van der Waals surface area contributed by atoms with E-state index in [-0.39, 0.29) is 12.4 Å². The fourth-order valence-corrected chi connectivity index (χ4v) is 2.76. The van der Waals surface area contributed by atoms with Gasteiger partial charge in [-0.15, -0.1) is 11.3 Å². The number of hydrogen-bond donors (Lipinski definition) is 1. The van der Waals surface area contributed by atoms with Crippen molar-refractivity contribution in [1.29, 1.82) is 0 Å². The normalized spacial score (nSPS) is 10.5. The fraction of sp³-hybridized carbons (Fsp3) is 0.294. The van der Waals surface area contributed by atoms with Gasteiger partial charge in [0, 0.05) is 18.0 Å². The Bertz CT molecular complexity index is 626. The number of benzene rings is 1. The first-order valence-electron chi connectivity index (χ1n) is 6.87. The van der Waals surface area contributed by atoms with Crippen molar-refractivity contribution in [2.45, 2.75) is 13.0 Å². The van der Waals surface area contributed by atoms with Gasteiger partial charge in [-0.1, -0.05) is 24.0 Å². The Balaban J connectivity index is 1.95. The lowest BCUT2D eigenvalue weighted by Crippen LogP contribution is -2.20. The maximum absolute atomic E-state index is 13.6. The number of likely N-dealkylation sites (N-methyl/N-ethyl adjacent to an activating group) is 1. The molecule has 0 atom stereocenters. The summed E-state index contributed by atoms with van der Waals surface area (Å²) in [5.41, 5.74) is 6.81. The SMILES string of the molecule is CN(CCc1cccs1)Cc1ccc(F)c(C#CCN)c1. The first kappa shape index (κ1) is 15.7. The molecule has 2 rings (SSSR count). The van der Waals surface area contributed by atoms with Gasteiger partial charge in [-0.2, -0.15) is 0 Å². The van der Waals surface area contributed by atoms with Crippen molar-refractivity contribution in [2.24, 2.45) is 5.73 Å². The van der Waals surface area contributed by atoms with Crippen molar-refractivity contribution in [3.05, 3.63) is 57.5 Å². The zero-order chi connectivity index (χ0) is 15.1. The second kappa shape index (κ2) is 7.94. The molecular formula is C17H19FN2S. The van der Waals surface area contributed by atoms with Gasteiger partial charge in [0.25, 0.3) is 0 Å². The van der Waals surface area contributed by atoms with Crippen LogP contribution in [0.2, 0.25) is 0 Å². The van der Waals surface area contributed by atoms with Gasteiger partial charge in [0.05, 0.1) is 12.1 Å². The van der Waals surface area contributed by atoms with Crippen LogP contribution >= 0.6 is 11.3 Å². The summed E-state index contributed by atoms with van der Waals surface area (Å²) in [5.74, 6) is 5.18. The lowest BCUT2D eigenvalue weighted by Gasteiger charge is -2.16. The van der Waals surface area contributed by atoms with E-state index in [0.717, 1.165) is 25.1 Å². The molecule has 1 aromatic carbocycles. The summed E-state index contributed by atoms with van der Waals surface area (Å²) in [7, 11) is 2.07. The molecule has 0 spiro atoms. The molecule has 0 unspecified atom stereocenters. The maximum Gasteiger partial charge on any atom is 0.138 e. The molecule has 2 N–H and O–H groups in total. The van der Waals surface area contributed by atoms with E-state index in [1.165, 1.54) is 10.9 Å². The monoisotopic (exact) mass is 302 g/mol. The van der Waals surface area contributed by atoms with Gasteiger partial charge in [-0.25, -0.2) is 4.39 Å². The third-order valence-corrected chi connectivity index (χ3v) is 4.06. The molecule has 0 amide bonds. The average molecular weight is 302 g/mol. The van der Waals surface area contributed by atoms with Crippen molar-refractivity contribution in [3.63, 3.8) is 0 Å². The molecule has 0 radical (unpaired) electrons. The molecule has 4 heteroatoms. The largest absolute Gasteiger partial charge is 0.320 e. The Morgan fingerprint density at radius 1 is 1.33 bits per heavy atom. The number of halogens is 1. The summed E-state index contributed by atoms with van der Waals surface area (Å²) in [6.07, 6.45) is 1.04. The second-order valence-electron chi connectivity index (χ2n) is 4.89. The Morgan fingerprint density at radius 2 is 2.19 bits per heavy atom. The lowest BCUT2D eigenvalue weighted by molar-refractivity contribution is 0.332. The molecule has 1 heterocycles. The maximum atomic E-state index is 13.6. The highest BCUT2D eigenvalue weighted by Gasteiger charge is 2.05. The third kappa shape index (κ3) is 4.98. The average Bonchev–Trinajstić information content (AvgIpc) is 2.99. The van der Waals surface area contributed by atoms with E-state index in [4.69, 9.17) is 5.73 Å². The van der Waals surface area contributed by atoms with Crippen molar-refractivity contribution in [1.82, 2.24) is 4.90 Å². The summed E-state index contributed by atoms with van der Waals surface area (Å²) in [4.78, 5) is 3.61. The smallest absolute Gasteiger partial charge is 0.138 e. The fourth-order valence-electron chi connectivity index (χ4n) is 2.06. The highest BCUT2D eigenvalue weighted by molar-refractivity contribution is 7.09. The predicted octanol–water partition coefficient (Wildman–Crippen LogP) is 2.87. The quantitative estimate of drug-likeness (QED) is 0.861. The summed E-state index contributed by atoms with van der Waals surface area (Å²) in [6.45, 7) is 2.00. The Kier molecular flexibility index (Phi) is 5.94. The van der Waals surface area contributed by atoms with Crippen LogP contribution in [0, 0.1) is 17.7 Å².